The Morgan fingerprint density at radius 3 is 1.18 bits per heavy atom. The van der Waals surface area contributed by atoms with E-state index in [1.165, 1.54) is 61.8 Å². The molecule has 4 saturated carbocycles. The molecule has 14 rings (SSSR count). The van der Waals surface area contributed by atoms with Crippen molar-refractivity contribution in [1.29, 1.82) is 0 Å². The average Bonchev–Trinajstić information content (AvgIpc) is 1.66. The van der Waals surface area contributed by atoms with Crippen molar-refractivity contribution >= 4 is 38.6 Å². The summed E-state index contributed by atoms with van der Waals surface area (Å²) in [5.41, 5.74) is 9.36. The van der Waals surface area contributed by atoms with Crippen molar-refractivity contribution in [2.75, 3.05) is 24.6 Å². The summed E-state index contributed by atoms with van der Waals surface area (Å²) in [6, 6.07) is 48.1. The Balaban J connectivity index is 0.000000177. The molecule has 0 bridgehead atoms. The minimum atomic E-state index is 0.0278. The van der Waals surface area contributed by atoms with Crippen molar-refractivity contribution in [2.45, 2.75) is 433 Å². The molecule has 4 aromatic heterocycles. The van der Waals surface area contributed by atoms with Gasteiger partial charge in [-0.25, -0.2) is 4.98 Å². The van der Waals surface area contributed by atoms with Gasteiger partial charge in [-0.1, -0.05) is 205 Å². The van der Waals surface area contributed by atoms with Crippen LogP contribution in [-0.2, 0) is 28.1 Å². The van der Waals surface area contributed by atoms with Crippen molar-refractivity contribution in [3.63, 3.8) is 0 Å². The summed E-state index contributed by atoms with van der Waals surface area (Å²) >= 11 is 0. The normalized spacial score (nSPS) is 20.7. The van der Waals surface area contributed by atoms with E-state index in [-0.39, 0.29) is 49.8 Å². The zero-order valence-corrected chi connectivity index (χ0v) is 89.1. The topological polar surface area (TPSA) is 147 Å². The minimum absolute atomic E-state index is 0.0278. The molecule has 0 amide bonds. The van der Waals surface area contributed by atoms with Crippen LogP contribution in [0.5, 0.6) is 34.6 Å². The summed E-state index contributed by atoms with van der Waals surface area (Å²) in [5.74, 6) is 10.0. The van der Waals surface area contributed by atoms with E-state index in [0.29, 0.717) is 70.8 Å². The number of furan rings is 3. The Labute approximate surface area is 795 Å². The molecule has 4 aliphatic carbocycles. The molecule has 5 fully saturated rings. The summed E-state index contributed by atoms with van der Waals surface area (Å²) in [5, 5.41) is 14.4. The summed E-state index contributed by atoms with van der Waals surface area (Å²) in [6.07, 6.45) is 19.6. The van der Waals surface area contributed by atoms with Crippen LogP contribution in [0.15, 0.2) is 153 Å². The maximum Gasteiger partial charge on any atom is 0.213 e. The lowest BCUT2D eigenvalue weighted by molar-refractivity contribution is 0.0434. The zero-order chi connectivity index (χ0) is 97.2. The van der Waals surface area contributed by atoms with Crippen LogP contribution in [0.1, 0.15) is 368 Å². The standard InChI is InChI=1S/2C21H30O2.C20H30O2.C19H32N2.C19H31NO2.C17H28N2O/c2*1-20(2,3)13-14-9-17(10-14)22-16-8-7-15-11-19(21(4,5)6)23-18(15)12-16;1-14(10-11-19(2,3)4)21-16-9-8-15-12-18(20(5,6)7)22-17(15)13-16;1-18(2,3)13-15-7-9-17(10-8-15)21-12-11-16(14-21)20-19(4,5)6;1-18(2,3)13-21-15-8-7-9-16(12-15)22-17-10-14(11-17)20-19(4,5)6;1-16(2,3)12-7-8-18-15(9-12)20-14-10-13(11-14)19-17(4,5)6/h2*7-8,11-12,14,17H,9-10,13H2,1-6H3;8-9,12-14H,10-11H2,1-7H3;7-10,16,20H,11-14H2,1-6H3;7-9,12,14,17,20H,10-11,13H2,1-6H3;7-9,13-14,19H,10-11H2,1-6H3/t;;;16-;;/m...1../s1. The molecule has 0 radical (unpaired) electrons. The highest BCUT2D eigenvalue weighted by Crippen LogP contribution is 2.44. The third-order valence-corrected chi connectivity index (χ3v) is 24.1. The molecule has 728 valence electrons. The molecule has 3 N–H and O–H groups in total. The lowest BCUT2D eigenvalue weighted by Gasteiger charge is -2.40. The van der Waals surface area contributed by atoms with E-state index < -0.39 is 0 Å². The molecule has 14 nitrogen and oxygen atoms in total. The Hall–Kier alpha value is -7.65. The van der Waals surface area contributed by atoms with Gasteiger partial charge < -0.3 is 62.5 Å². The molecule has 1 saturated heterocycles. The number of fused-ring (bicyclic) bond motifs is 3. The van der Waals surface area contributed by atoms with Crippen LogP contribution in [-0.4, -0.2) is 89.9 Å². The SMILES string of the molecule is CC(C)(C)CC1CC(Oc2ccc3cc(C(C)(C)C)oc3c2)C1.CC(C)(C)CC1CC(Oc2ccc3cc(C(C)(C)C)oc3c2)C1.CC(C)(C)COc1cccc(OC2CC(NC(C)(C)C)C2)c1.CC(C)(C)Cc1ccc(N2CC[C@@H](NC(C)(C)C)C2)cc1.CC(C)(C)NC1CC(Oc2cc(C(C)(C)C)ccn2)C1.CC(CCC(C)(C)C)Oc1ccc2cc(C(C)(C)C)oc2c1. The van der Waals surface area contributed by atoms with Crippen LogP contribution in [0.3, 0.4) is 0 Å². The van der Waals surface area contributed by atoms with Crippen LogP contribution >= 0.6 is 0 Å². The van der Waals surface area contributed by atoms with Gasteiger partial charge in [0.05, 0.1) is 24.9 Å². The number of anilines is 1. The maximum atomic E-state index is 6.14. The highest BCUT2D eigenvalue weighted by atomic mass is 16.5. The van der Waals surface area contributed by atoms with Gasteiger partial charge in [-0.05, 0) is 300 Å². The van der Waals surface area contributed by atoms with Gasteiger partial charge >= 0.3 is 0 Å². The number of pyridine rings is 1. The lowest BCUT2D eigenvalue weighted by Crippen LogP contribution is -2.53. The molecule has 5 aliphatic rings. The van der Waals surface area contributed by atoms with E-state index >= 15 is 0 Å². The zero-order valence-electron chi connectivity index (χ0n) is 89.1. The summed E-state index contributed by atoms with van der Waals surface area (Å²) in [7, 11) is 0. The molecule has 1 aliphatic heterocycles. The average molecular weight is 1800 g/mol. The third-order valence-electron chi connectivity index (χ3n) is 24.1. The molecule has 1 unspecified atom stereocenters. The number of benzene rings is 5. The van der Waals surface area contributed by atoms with E-state index in [0.717, 1.165) is 155 Å². The lowest BCUT2D eigenvalue weighted by atomic mass is 9.73. The van der Waals surface area contributed by atoms with Crippen molar-refractivity contribution < 1.29 is 41.7 Å². The van der Waals surface area contributed by atoms with E-state index in [1.807, 2.05) is 54.7 Å². The Bertz CT molecular complexity index is 4850. The van der Waals surface area contributed by atoms with Crippen molar-refractivity contribution in [3.8, 4) is 34.6 Å². The molecule has 131 heavy (non-hydrogen) atoms. The molecular weight excluding hydrogens is 1620 g/mol. The number of aromatic nitrogens is 1. The van der Waals surface area contributed by atoms with Crippen LogP contribution in [0, 0.1) is 38.9 Å². The number of rotatable bonds is 21. The molecule has 5 aromatic carbocycles. The van der Waals surface area contributed by atoms with E-state index in [4.69, 9.17) is 41.7 Å². The fourth-order valence-corrected chi connectivity index (χ4v) is 17.5. The molecule has 14 heteroatoms. The largest absolute Gasteiger partial charge is 0.493 e. The first-order chi connectivity index (χ1) is 60.1. The van der Waals surface area contributed by atoms with Gasteiger partial charge in [0.25, 0.3) is 0 Å². The number of nitrogens with zero attached hydrogens (tertiary/aromatic N) is 2. The van der Waals surface area contributed by atoms with Gasteiger partial charge in [0, 0.05) is 122 Å². The number of hydrogen-bond donors (Lipinski definition) is 3. The second-order valence-corrected chi connectivity index (χ2v) is 52.7. The van der Waals surface area contributed by atoms with E-state index in [9.17, 15) is 0 Å². The number of hydrogen-bond acceptors (Lipinski definition) is 14. The van der Waals surface area contributed by atoms with Gasteiger partial charge in [0.2, 0.25) is 5.88 Å². The number of nitrogens with one attached hydrogen (secondary N) is 3. The second-order valence-electron chi connectivity index (χ2n) is 52.7. The monoisotopic (exact) mass is 1800 g/mol. The van der Waals surface area contributed by atoms with Gasteiger partial charge in [0.1, 0.15) is 75.0 Å². The molecule has 9 aromatic rings. The first-order valence-electron chi connectivity index (χ1n) is 49.9. The molecule has 0 spiro atoms. The quantitative estimate of drug-likeness (QED) is 0.0627. The van der Waals surface area contributed by atoms with Gasteiger partial charge in [0.15, 0.2) is 0 Å². The van der Waals surface area contributed by atoms with Crippen LogP contribution in [0.25, 0.3) is 32.9 Å². The van der Waals surface area contributed by atoms with Gasteiger partial charge in [-0.15, -0.1) is 0 Å². The Morgan fingerprint density at radius 1 is 0.382 bits per heavy atom. The predicted molar refractivity (Wildman–Crippen MR) is 554 cm³/mol. The minimum Gasteiger partial charge on any atom is -0.493 e. The predicted octanol–water partition coefficient (Wildman–Crippen LogP) is 31.3. The molecule has 5 heterocycles. The highest BCUT2D eigenvalue weighted by Gasteiger charge is 2.39. The van der Waals surface area contributed by atoms with Crippen LogP contribution < -0.4 is 49.3 Å². The summed E-state index contributed by atoms with van der Waals surface area (Å²) in [6.45, 7) is 85.3. The highest BCUT2D eigenvalue weighted by molar-refractivity contribution is 5.81. The number of ether oxygens (including phenoxy) is 6. The fourth-order valence-electron chi connectivity index (χ4n) is 17.5. The molecule has 2 atom stereocenters. The summed E-state index contributed by atoms with van der Waals surface area (Å²) < 4.78 is 54.2. The fraction of sp³-hybridized carbons (Fsp3) is 0.650. The van der Waals surface area contributed by atoms with Crippen molar-refractivity contribution in [3.05, 3.63) is 168 Å². The summed E-state index contributed by atoms with van der Waals surface area (Å²) in [4.78, 5) is 6.84. The van der Waals surface area contributed by atoms with Crippen molar-refractivity contribution in [1.82, 2.24) is 20.9 Å². The van der Waals surface area contributed by atoms with E-state index in [2.05, 4.69) is 367 Å². The van der Waals surface area contributed by atoms with Gasteiger partial charge in [-0.3, -0.25) is 0 Å². The van der Waals surface area contributed by atoms with Gasteiger partial charge in [-0.2, -0.15) is 0 Å². The Morgan fingerprint density at radius 2 is 0.779 bits per heavy atom. The smallest absolute Gasteiger partial charge is 0.213 e. The second kappa shape index (κ2) is 43.1. The van der Waals surface area contributed by atoms with Crippen LogP contribution in [0.2, 0.25) is 0 Å². The Kier molecular flexibility index (Phi) is 35.2. The van der Waals surface area contributed by atoms with Crippen molar-refractivity contribution in [2.24, 2.45) is 38.9 Å². The molecular formula is C117H181N5O9. The van der Waals surface area contributed by atoms with E-state index in [1.54, 1.807) is 0 Å². The third kappa shape index (κ3) is 37.9. The first kappa shape index (κ1) is 107. The maximum absolute atomic E-state index is 6.14. The first-order valence-corrected chi connectivity index (χ1v) is 49.9. The van der Waals surface area contributed by atoms with Crippen LogP contribution in [0.4, 0.5) is 5.69 Å².